The Bertz CT molecular complexity index is 1070. The number of rotatable bonds is 5. The van der Waals surface area contributed by atoms with Crippen molar-refractivity contribution in [3.63, 3.8) is 0 Å². The first-order valence-corrected chi connectivity index (χ1v) is 9.84. The molecule has 1 aliphatic heterocycles. The SMILES string of the molecule is Cc1cc(NC(=O)c2ccc(F)c(C(F)(F)C(=O)N3CCC(C(N)=O)CC3)c2)ccc1F. The molecule has 2 aromatic rings. The number of hydrogen-bond donors (Lipinski definition) is 2. The van der Waals surface area contributed by atoms with E-state index in [2.05, 4.69) is 5.32 Å². The fourth-order valence-corrected chi connectivity index (χ4v) is 3.51. The lowest BCUT2D eigenvalue weighted by Gasteiger charge is -2.33. The molecule has 0 bridgehead atoms. The summed E-state index contributed by atoms with van der Waals surface area (Å²) >= 11 is 0. The van der Waals surface area contributed by atoms with E-state index in [0.717, 1.165) is 17.0 Å². The predicted octanol–water partition coefficient (Wildman–Crippen LogP) is 3.34. The van der Waals surface area contributed by atoms with Gasteiger partial charge >= 0.3 is 5.92 Å². The second-order valence-electron chi connectivity index (χ2n) is 7.66. The van der Waals surface area contributed by atoms with Crippen LogP contribution in [0, 0.1) is 24.5 Å². The van der Waals surface area contributed by atoms with Gasteiger partial charge in [0.05, 0.1) is 5.56 Å². The number of nitrogens with zero attached hydrogens (tertiary/aromatic N) is 1. The third kappa shape index (κ3) is 4.74. The number of carbonyl (C=O) groups is 3. The quantitative estimate of drug-likeness (QED) is 0.683. The molecule has 0 radical (unpaired) electrons. The number of benzene rings is 2. The van der Waals surface area contributed by atoms with E-state index >= 15 is 0 Å². The molecule has 0 aromatic heterocycles. The Hall–Kier alpha value is -3.43. The van der Waals surface area contributed by atoms with E-state index in [1.54, 1.807) is 0 Å². The van der Waals surface area contributed by atoms with E-state index < -0.39 is 46.8 Å². The number of carbonyl (C=O) groups excluding carboxylic acids is 3. The van der Waals surface area contributed by atoms with E-state index in [-0.39, 0.29) is 42.7 Å². The number of nitrogens with one attached hydrogen (secondary N) is 1. The van der Waals surface area contributed by atoms with Crippen LogP contribution in [0.3, 0.4) is 0 Å². The third-order valence-electron chi connectivity index (χ3n) is 5.44. The van der Waals surface area contributed by atoms with Crippen LogP contribution in [0.4, 0.5) is 23.2 Å². The van der Waals surface area contributed by atoms with Crippen LogP contribution in [0.1, 0.15) is 34.3 Å². The maximum atomic E-state index is 14.9. The van der Waals surface area contributed by atoms with Crippen LogP contribution in [0.5, 0.6) is 0 Å². The van der Waals surface area contributed by atoms with E-state index in [1.165, 1.54) is 19.1 Å². The minimum Gasteiger partial charge on any atom is -0.369 e. The molecule has 0 saturated carbocycles. The Morgan fingerprint density at radius 1 is 1.03 bits per heavy atom. The predicted molar refractivity (Wildman–Crippen MR) is 108 cm³/mol. The summed E-state index contributed by atoms with van der Waals surface area (Å²) in [7, 11) is 0. The zero-order chi connectivity index (χ0) is 23.6. The topological polar surface area (TPSA) is 92.5 Å². The van der Waals surface area contributed by atoms with Gasteiger partial charge in [0.1, 0.15) is 11.6 Å². The molecule has 3 rings (SSSR count). The van der Waals surface area contributed by atoms with Gasteiger partial charge in [-0.1, -0.05) is 0 Å². The van der Waals surface area contributed by atoms with Crippen molar-refractivity contribution in [1.29, 1.82) is 0 Å². The summed E-state index contributed by atoms with van der Waals surface area (Å²) in [5, 5.41) is 2.42. The first-order valence-electron chi connectivity index (χ1n) is 9.84. The lowest BCUT2D eigenvalue weighted by atomic mass is 9.95. The number of likely N-dealkylation sites (tertiary alicyclic amines) is 1. The van der Waals surface area contributed by atoms with Gasteiger partial charge in [-0.3, -0.25) is 14.4 Å². The van der Waals surface area contributed by atoms with Gasteiger partial charge in [-0.05, 0) is 61.7 Å². The summed E-state index contributed by atoms with van der Waals surface area (Å²) in [6.45, 7) is 1.25. The number of hydrogen-bond acceptors (Lipinski definition) is 3. The summed E-state index contributed by atoms with van der Waals surface area (Å²) in [6, 6.07) is 6.08. The molecule has 1 aliphatic rings. The summed E-state index contributed by atoms with van der Waals surface area (Å²) in [5.41, 5.74) is 4.15. The molecule has 2 aromatic carbocycles. The highest BCUT2D eigenvalue weighted by molar-refractivity contribution is 6.04. The van der Waals surface area contributed by atoms with E-state index in [4.69, 9.17) is 5.73 Å². The second-order valence-corrected chi connectivity index (χ2v) is 7.66. The second kappa shape index (κ2) is 8.97. The minimum atomic E-state index is -4.23. The van der Waals surface area contributed by atoms with Gasteiger partial charge in [0.2, 0.25) is 5.91 Å². The van der Waals surface area contributed by atoms with Gasteiger partial charge in [-0.2, -0.15) is 8.78 Å². The van der Waals surface area contributed by atoms with Crippen molar-refractivity contribution in [2.24, 2.45) is 11.7 Å². The highest BCUT2D eigenvalue weighted by Gasteiger charge is 2.47. The highest BCUT2D eigenvalue weighted by atomic mass is 19.3. The average Bonchev–Trinajstić information content (AvgIpc) is 2.76. The number of amides is 3. The molecule has 32 heavy (non-hydrogen) atoms. The van der Waals surface area contributed by atoms with Crippen LogP contribution in [0.2, 0.25) is 0 Å². The lowest BCUT2D eigenvalue weighted by Crippen LogP contribution is -2.47. The Morgan fingerprint density at radius 3 is 2.25 bits per heavy atom. The molecule has 0 unspecified atom stereocenters. The molecule has 10 heteroatoms. The van der Waals surface area contributed by atoms with Gasteiger partial charge < -0.3 is 16.0 Å². The number of halogens is 4. The maximum Gasteiger partial charge on any atom is 0.352 e. The average molecular weight is 451 g/mol. The zero-order valence-corrected chi connectivity index (χ0v) is 17.1. The first kappa shape index (κ1) is 23.2. The third-order valence-corrected chi connectivity index (χ3v) is 5.44. The van der Waals surface area contributed by atoms with Crippen LogP contribution in [0.25, 0.3) is 0 Å². The number of piperidine rings is 1. The van der Waals surface area contributed by atoms with E-state index in [0.29, 0.717) is 12.1 Å². The van der Waals surface area contributed by atoms with Crippen LogP contribution < -0.4 is 11.1 Å². The Balaban J connectivity index is 1.80. The largest absolute Gasteiger partial charge is 0.369 e. The molecule has 0 atom stereocenters. The van der Waals surface area contributed by atoms with Crippen molar-refractivity contribution in [1.82, 2.24) is 4.90 Å². The molecule has 3 amide bonds. The summed E-state index contributed by atoms with van der Waals surface area (Å²) in [6.07, 6.45) is 0.276. The summed E-state index contributed by atoms with van der Waals surface area (Å²) < 4.78 is 57.5. The van der Waals surface area contributed by atoms with Crippen molar-refractivity contribution in [3.8, 4) is 0 Å². The van der Waals surface area contributed by atoms with Gasteiger partial charge in [0, 0.05) is 30.3 Å². The number of aryl methyl sites for hydroxylation is 1. The molecule has 170 valence electrons. The fourth-order valence-electron chi connectivity index (χ4n) is 3.51. The lowest BCUT2D eigenvalue weighted by molar-refractivity contribution is -0.161. The van der Waals surface area contributed by atoms with Gasteiger partial charge in [0.25, 0.3) is 11.8 Å². The molecule has 0 aliphatic carbocycles. The Kier molecular flexibility index (Phi) is 6.52. The monoisotopic (exact) mass is 451 g/mol. The van der Waals surface area contributed by atoms with Crippen LogP contribution in [0.15, 0.2) is 36.4 Å². The number of nitrogens with two attached hydrogens (primary N) is 1. The van der Waals surface area contributed by atoms with Crippen molar-refractivity contribution in [2.75, 3.05) is 18.4 Å². The van der Waals surface area contributed by atoms with Crippen molar-refractivity contribution in [2.45, 2.75) is 25.7 Å². The van der Waals surface area contributed by atoms with Crippen molar-refractivity contribution < 1.29 is 31.9 Å². The Morgan fingerprint density at radius 2 is 1.66 bits per heavy atom. The van der Waals surface area contributed by atoms with Gasteiger partial charge in [0.15, 0.2) is 0 Å². The smallest absolute Gasteiger partial charge is 0.352 e. The molecule has 0 spiro atoms. The Labute approximate surface area is 181 Å². The molecule has 6 nitrogen and oxygen atoms in total. The van der Waals surface area contributed by atoms with Crippen molar-refractivity contribution >= 4 is 23.4 Å². The molecule has 1 saturated heterocycles. The molecular weight excluding hydrogens is 430 g/mol. The van der Waals surface area contributed by atoms with Crippen LogP contribution >= 0.6 is 0 Å². The van der Waals surface area contributed by atoms with Gasteiger partial charge in [-0.15, -0.1) is 0 Å². The van der Waals surface area contributed by atoms with Crippen LogP contribution in [-0.4, -0.2) is 35.7 Å². The van der Waals surface area contributed by atoms with E-state index in [9.17, 15) is 31.9 Å². The number of alkyl halides is 2. The standard InChI is InChI=1S/C22H21F4N3O3/c1-12-10-15(3-5-17(12)23)28-20(31)14-2-4-18(24)16(11-14)22(25,26)21(32)29-8-6-13(7-9-29)19(27)30/h2-5,10-11,13H,6-9H2,1H3,(H2,27,30)(H,28,31). The van der Waals surface area contributed by atoms with E-state index in [1.807, 2.05) is 0 Å². The molecule has 3 N–H and O–H groups in total. The fraction of sp³-hybridized carbons (Fsp3) is 0.318. The minimum absolute atomic E-state index is 0.117. The normalized spacial score (nSPS) is 14.8. The summed E-state index contributed by atoms with van der Waals surface area (Å²) in [4.78, 5) is 37.0. The molecule has 1 heterocycles. The highest BCUT2D eigenvalue weighted by Crippen LogP contribution is 2.34. The summed E-state index contributed by atoms with van der Waals surface area (Å²) in [5.74, 6) is -9.58. The van der Waals surface area contributed by atoms with Crippen molar-refractivity contribution in [3.05, 3.63) is 64.7 Å². The number of anilines is 1. The van der Waals surface area contributed by atoms with Gasteiger partial charge in [-0.25, -0.2) is 8.78 Å². The maximum absolute atomic E-state index is 14.9. The first-order chi connectivity index (χ1) is 15.0. The molecular formula is C22H21F4N3O3. The zero-order valence-electron chi connectivity index (χ0n) is 17.1. The molecule has 1 fully saturated rings. The van der Waals surface area contributed by atoms with Crippen LogP contribution in [-0.2, 0) is 15.5 Å². The number of primary amides is 1.